The summed E-state index contributed by atoms with van der Waals surface area (Å²) >= 11 is 0. The van der Waals surface area contributed by atoms with E-state index < -0.39 is 5.60 Å². The number of esters is 1. The molecule has 0 aromatic heterocycles. The van der Waals surface area contributed by atoms with Crippen molar-refractivity contribution in [2.24, 2.45) is 0 Å². The molecule has 238 valence electrons. The molecule has 0 unspecified atom stereocenters. The first kappa shape index (κ1) is 37.2. The maximum Gasteiger partial charge on any atom is 0.338 e. The molecule has 1 N–H and O–H groups in total. The van der Waals surface area contributed by atoms with Gasteiger partial charge in [-0.05, 0) is 45.0 Å². The average molecular weight is 591 g/mol. The third-order valence-electron chi connectivity index (χ3n) is 4.82. The minimum absolute atomic E-state index is 0.0221. The lowest BCUT2D eigenvalue weighted by molar-refractivity contribution is -0.0242. The summed E-state index contributed by atoms with van der Waals surface area (Å²) in [5, 5.41) is 8.57. The molecule has 1 aromatic carbocycles. The topological polar surface area (TPSA) is 130 Å². The number of hydrogen-bond acceptors (Lipinski definition) is 12. The van der Waals surface area contributed by atoms with Crippen LogP contribution in [-0.4, -0.2) is 136 Å². The van der Waals surface area contributed by atoms with E-state index in [1.807, 2.05) is 20.8 Å². The number of rotatable bonds is 28. The van der Waals surface area contributed by atoms with Crippen molar-refractivity contribution in [2.75, 3.05) is 119 Å². The Kier molecular flexibility index (Phi) is 23.4. The summed E-state index contributed by atoms with van der Waals surface area (Å²) < 4.78 is 54.1. The van der Waals surface area contributed by atoms with Crippen LogP contribution >= 0.6 is 0 Å². The predicted molar refractivity (Wildman–Crippen MR) is 151 cm³/mol. The van der Waals surface area contributed by atoms with Crippen molar-refractivity contribution in [3.8, 4) is 5.75 Å². The Morgan fingerprint density at radius 1 is 0.537 bits per heavy atom. The highest BCUT2D eigenvalue weighted by molar-refractivity contribution is 5.89. The van der Waals surface area contributed by atoms with Crippen LogP contribution in [0.25, 0.3) is 0 Å². The molecular weight excluding hydrogens is 540 g/mol. The summed E-state index contributed by atoms with van der Waals surface area (Å²) in [6.45, 7) is 13.5. The number of aliphatic hydroxyl groups excluding tert-OH is 1. The smallest absolute Gasteiger partial charge is 0.338 e. The van der Waals surface area contributed by atoms with E-state index in [1.54, 1.807) is 24.3 Å². The molecular formula is C29H50O12. The highest BCUT2D eigenvalue weighted by Gasteiger charge is 2.17. The minimum Gasteiger partial charge on any atom is -0.491 e. The molecule has 41 heavy (non-hydrogen) atoms. The molecule has 12 heteroatoms. The first-order valence-corrected chi connectivity index (χ1v) is 14.1. The fraction of sp³-hybridized carbons (Fsp3) is 0.759. The molecule has 0 heterocycles. The van der Waals surface area contributed by atoms with E-state index >= 15 is 0 Å². The van der Waals surface area contributed by atoms with Gasteiger partial charge in [-0.2, -0.15) is 0 Å². The molecule has 0 bridgehead atoms. The number of ether oxygens (including phenoxy) is 10. The van der Waals surface area contributed by atoms with Crippen LogP contribution in [0, 0.1) is 0 Å². The van der Waals surface area contributed by atoms with Crippen LogP contribution in [-0.2, 0) is 42.6 Å². The number of hydrogen-bond donors (Lipinski definition) is 1. The van der Waals surface area contributed by atoms with E-state index in [0.717, 1.165) is 0 Å². The standard InChI is InChI=1S/C29H50O12/c1-29(2,3)41-28(31)26-4-6-27(7-5-26)40-25-24-39-23-22-38-21-20-37-19-18-36-17-16-35-15-14-34-13-12-33-11-10-32-9-8-30/h4-7,30H,8-25H2,1-3H3. The first-order chi connectivity index (χ1) is 19.9. The summed E-state index contributed by atoms with van der Waals surface area (Å²) in [4.78, 5) is 12.0. The lowest BCUT2D eigenvalue weighted by Gasteiger charge is -2.19. The Morgan fingerprint density at radius 2 is 0.854 bits per heavy atom. The van der Waals surface area contributed by atoms with Gasteiger partial charge in [-0.25, -0.2) is 4.79 Å². The van der Waals surface area contributed by atoms with Crippen molar-refractivity contribution < 1.29 is 57.3 Å². The Morgan fingerprint density at radius 3 is 1.17 bits per heavy atom. The van der Waals surface area contributed by atoms with Gasteiger partial charge < -0.3 is 52.5 Å². The van der Waals surface area contributed by atoms with Crippen LogP contribution in [0.3, 0.4) is 0 Å². The van der Waals surface area contributed by atoms with Gasteiger partial charge in [-0.1, -0.05) is 0 Å². The molecule has 12 nitrogen and oxygen atoms in total. The first-order valence-electron chi connectivity index (χ1n) is 14.1. The van der Waals surface area contributed by atoms with E-state index in [4.69, 9.17) is 52.5 Å². The second-order valence-electron chi connectivity index (χ2n) is 9.50. The zero-order valence-electron chi connectivity index (χ0n) is 25.0. The van der Waals surface area contributed by atoms with Gasteiger partial charge in [0.05, 0.1) is 118 Å². The SMILES string of the molecule is CC(C)(C)OC(=O)c1ccc(OCCOCCOCCOCCOCCOCCOCCOCCOCCO)cc1. The fourth-order valence-corrected chi connectivity index (χ4v) is 2.95. The lowest BCUT2D eigenvalue weighted by Crippen LogP contribution is -2.23. The van der Waals surface area contributed by atoms with Crippen LogP contribution in [0.4, 0.5) is 0 Å². The fourth-order valence-electron chi connectivity index (χ4n) is 2.95. The molecule has 1 rings (SSSR count). The predicted octanol–water partition coefficient (Wildman–Crippen LogP) is 2.15. The summed E-state index contributed by atoms with van der Waals surface area (Å²) in [6, 6.07) is 6.84. The van der Waals surface area contributed by atoms with Gasteiger partial charge in [-0.3, -0.25) is 0 Å². The summed E-state index contributed by atoms with van der Waals surface area (Å²) in [6.07, 6.45) is 0. The molecule has 1 aromatic rings. The Labute approximate surface area is 244 Å². The second kappa shape index (κ2) is 25.8. The Hall–Kier alpha value is -1.87. The third kappa shape index (κ3) is 24.4. The molecule has 0 spiro atoms. The quantitative estimate of drug-likeness (QED) is 0.113. The van der Waals surface area contributed by atoms with Crippen molar-refractivity contribution in [1.82, 2.24) is 0 Å². The molecule has 0 fully saturated rings. The van der Waals surface area contributed by atoms with Gasteiger partial charge in [0.2, 0.25) is 0 Å². The highest BCUT2D eigenvalue weighted by Crippen LogP contribution is 2.16. The molecule has 0 radical (unpaired) electrons. The Balaban J connectivity index is 1.77. The normalized spacial score (nSPS) is 11.6. The van der Waals surface area contributed by atoms with Crippen molar-refractivity contribution in [3.63, 3.8) is 0 Å². The number of carbonyl (C=O) groups excluding carboxylic acids is 1. The van der Waals surface area contributed by atoms with Gasteiger partial charge in [-0.15, -0.1) is 0 Å². The molecule has 0 amide bonds. The van der Waals surface area contributed by atoms with E-state index in [1.165, 1.54) is 0 Å². The van der Waals surface area contributed by atoms with Crippen molar-refractivity contribution in [2.45, 2.75) is 26.4 Å². The van der Waals surface area contributed by atoms with Crippen LogP contribution in [0.2, 0.25) is 0 Å². The van der Waals surface area contributed by atoms with Gasteiger partial charge in [0, 0.05) is 0 Å². The molecule has 0 atom stereocenters. The maximum absolute atomic E-state index is 12.0. The molecule has 0 saturated carbocycles. The zero-order chi connectivity index (χ0) is 29.9. The second-order valence-corrected chi connectivity index (χ2v) is 9.50. The average Bonchev–Trinajstić information content (AvgIpc) is 2.94. The largest absolute Gasteiger partial charge is 0.491 e. The van der Waals surface area contributed by atoms with Crippen LogP contribution in [0.15, 0.2) is 24.3 Å². The van der Waals surface area contributed by atoms with Gasteiger partial charge in [0.25, 0.3) is 0 Å². The van der Waals surface area contributed by atoms with Gasteiger partial charge in [0.1, 0.15) is 18.0 Å². The van der Waals surface area contributed by atoms with E-state index in [-0.39, 0.29) is 12.6 Å². The lowest BCUT2D eigenvalue weighted by atomic mass is 10.1. The van der Waals surface area contributed by atoms with E-state index in [0.29, 0.717) is 124 Å². The van der Waals surface area contributed by atoms with E-state index in [2.05, 4.69) is 0 Å². The van der Waals surface area contributed by atoms with Crippen LogP contribution in [0.5, 0.6) is 5.75 Å². The van der Waals surface area contributed by atoms with Gasteiger partial charge >= 0.3 is 5.97 Å². The summed E-state index contributed by atoms with van der Waals surface area (Å²) in [5.74, 6) is 0.302. The summed E-state index contributed by atoms with van der Waals surface area (Å²) in [7, 11) is 0. The Bertz CT molecular complexity index is 724. The zero-order valence-corrected chi connectivity index (χ0v) is 25.0. The van der Waals surface area contributed by atoms with Crippen LogP contribution < -0.4 is 4.74 Å². The third-order valence-corrected chi connectivity index (χ3v) is 4.82. The molecule has 0 aliphatic rings. The summed E-state index contributed by atoms with van der Waals surface area (Å²) in [5.41, 5.74) is -0.0438. The number of benzene rings is 1. The molecule has 0 saturated heterocycles. The van der Waals surface area contributed by atoms with E-state index in [9.17, 15) is 4.79 Å². The van der Waals surface area contributed by atoms with Crippen molar-refractivity contribution >= 4 is 5.97 Å². The number of aliphatic hydroxyl groups is 1. The molecule has 0 aliphatic heterocycles. The minimum atomic E-state index is -0.528. The highest BCUT2D eigenvalue weighted by atomic mass is 16.6. The van der Waals surface area contributed by atoms with Gasteiger partial charge in [0.15, 0.2) is 0 Å². The molecule has 0 aliphatic carbocycles. The van der Waals surface area contributed by atoms with Crippen LogP contribution in [0.1, 0.15) is 31.1 Å². The maximum atomic E-state index is 12.0. The van der Waals surface area contributed by atoms with Crippen molar-refractivity contribution in [1.29, 1.82) is 0 Å². The van der Waals surface area contributed by atoms with Crippen molar-refractivity contribution in [3.05, 3.63) is 29.8 Å². The monoisotopic (exact) mass is 590 g/mol. The number of carbonyl (C=O) groups is 1.